The van der Waals surface area contributed by atoms with Crippen LogP contribution in [0.15, 0.2) is 36.4 Å². The van der Waals surface area contributed by atoms with Gasteiger partial charge in [0, 0.05) is 41.7 Å². The first-order valence-corrected chi connectivity index (χ1v) is 12.0. The average molecular weight is 497 g/mol. The van der Waals surface area contributed by atoms with Crippen LogP contribution >= 0.6 is 11.3 Å². The molecule has 35 heavy (non-hydrogen) atoms. The Labute approximate surface area is 207 Å². The van der Waals surface area contributed by atoms with Crippen LogP contribution in [0, 0.1) is 0 Å². The number of amides is 3. The molecule has 184 valence electrons. The second-order valence-corrected chi connectivity index (χ2v) is 9.31. The summed E-state index contributed by atoms with van der Waals surface area (Å²) in [6, 6.07) is 10.2. The van der Waals surface area contributed by atoms with E-state index in [0.717, 1.165) is 29.2 Å². The lowest BCUT2D eigenvalue weighted by Gasteiger charge is -2.28. The van der Waals surface area contributed by atoms with E-state index in [0.29, 0.717) is 34.7 Å². The van der Waals surface area contributed by atoms with Crippen LogP contribution < -0.4 is 30.3 Å². The van der Waals surface area contributed by atoms with E-state index in [1.54, 1.807) is 38.5 Å². The number of hydrogen-bond donors (Lipinski definition) is 3. The third-order valence-corrected chi connectivity index (χ3v) is 6.34. The molecule has 3 amide bonds. The van der Waals surface area contributed by atoms with Crippen molar-refractivity contribution < 1.29 is 19.1 Å². The monoisotopic (exact) mass is 496 g/mol. The molecule has 1 aliphatic rings. The van der Waals surface area contributed by atoms with E-state index in [1.165, 1.54) is 11.3 Å². The van der Waals surface area contributed by atoms with Gasteiger partial charge in [0.05, 0.1) is 37.7 Å². The van der Waals surface area contributed by atoms with E-state index in [1.807, 2.05) is 26.0 Å². The van der Waals surface area contributed by atoms with Crippen molar-refractivity contribution in [1.29, 1.82) is 0 Å². The molecule has 0 spiro atoms. The van der Waals surface area contributed by atoms with Gasteiger partial charge >= 0.3 is 6.03 Å². The van der Waals surface area contributed by atoms with Gasteiger partial charge in [0.25, 0.3) is 5.91 Å². The summed E-state index contributed by atoms with van der Waals surface area (Å²) in [5, 5.41) is 8.91. The van der Waals surface area contributed by atoms with Gasteiger partial charge in [-0.2, -0.15) is 4.98 Å². The summed E-state index contributed by atoms with van der Waals surface area (Å²) in [4.78, 5) is 37.3. The number of benzene rings is 1. The molecule has 3 N–H and O–H groups in total. The maximum Gasteiger partial charge on any atom is 0.325 e. The normalized spacial score (nSPS) is 12.7. The molecule has 10 nitrogen and oxygen atoms in total. The average Bonchev–Trinajstić information content (AvgIpc) is 3.24. The van der Waals surface area contributed by atoms with Crippen LogP contribution in [0.4, 0.5) is 21.3 Å². The number of nitrogens with zero attached hydrogens (tertiary/aromatic N) is 3. The van der Waals surface area contributed by atoms with Gasteiger partial charge in [0.2, 0.25) is 11.8 Å². The molecule has 0 fully saturated rings. The summed E-state index contributed by atoms with van der Waals surface area (Å²) in [6.45, 7) is 5.17. The highest BCUT2D eigenvalue weighted by atomic mass is 32.1. The second-order valence-electron chi connectivity index (χ2n) is 8.22. The van der Waals surface area contributed by atoms with Crippen molar-refractivity contribution >= 4 is 39.8 Å². The number of ether oxygens (including phenoxy) is 2. The molecule has 1 aromatic carbocycles. The summed E-state index contributed by atoms with van der Waals surface area (Å²) in [5.74, 6) is 0.719. The maximum atomic E-state index is 12.7. The van der Waals surface area contributed by atoms with Gasteiger partial charge < -0.3 is 25.0 Å². The maximum absolute atomic E-state index is 12.7. The first-order chi connectivity index (χ1) is 16.9. The minimum Gasteiger partial charge on any atom is -0.481 e. The Hall–Kier alpha value is -3.86. The molecule has 0 saturated carbocycles. The fourth-order valence-electron chi connectivity index (χ4n) is 3.71. The van der Waals surface area contributed by atoms with Crippen molar-refractivity contribution in [2.45, 2.75) is 32.9 Å². The molecule has 3 heterocycles. The van der Waals surface area contributed by atoms with Crippen LogP contribution in [0.25, 0.3) is 0 Å². The van der Waals surface area contributed by atoms with Crippen LogP contribution in [-0.2, 0) is 13.0 Å². The molecular weight excluding hydrogens is 468 g/mol. The van der Waals surface area contributed by atoms with Gasteiger partial charge in [-0.05, 0) is 26.0 Å². The minimum absolute atomic E-state index is 0.0140. The Kier molecular flexibility index (Phi) is 7.35. The number of pyridine rings is 1. The Morgan fingerprint density at radius 2 is 1.77 bits per heavy atom. The van der Waals surface area contributed by atoms with Crippen LogP contribution in [-0.4, -0.2) is 48.7 Å². The van der Waals surface area contributed by atoms with Crippen molar-refractivity contribution in [2.75, 3.05) is 36.3 Å². The number of nitrogens with one attached hydrogen (secondary N) is 3. The number of aromatic nitrogens is 2. The van der Waals surface area contributed by atoms with E-state index < -0.39 is 6.03 Å². The highest BCUT2D eigenvalue weighted by molar-refractivity contribution is 7.15. The van der Waals surface area contributed by atoms with Crippen LogP contribution in [0.1, 0.15) is 34.8 Å². The lowest BCUT2D eigenvalue weighted by Crippen LogP contribution is -2.31. The zero-order chi connectivity index (χ0) is 24.9. The zero-order valence-electron chi connectivity index (χ0n) is 20.0. The number of para-hydroxylation sites is 1. The molecule has 0 unspecified atom stereocenters. The SMILES string of the molecule is COc1cc(N2CCc3nc(NC(=O)Nc4ccccc4C(=O)NC(C)C)sc3C2)cc(OC)n1. The summed E-state index contributed by atoms with van der Waals surface area (Å²) in [6.07, 6.45) is 0.736. The number of carbonyl (C=O) groups excluding carboxylic acids is 2. The lowest BCUT2D eigenvalue weighted by molar-refractivity contribution is 0.0944. The van der Waals surface area contributed by atoms with Gasteiger partial charge in [0.1, 0.15) is 0 Å². The molecular formula is C24H28N6O4S. The number of anilines is 3. The molecule has 0 radical (unpaired) electrons. The van der Waals surface area contributed by atoms with Crippen LogP contribution in [0.5, 0.6) is 11.8 Å². The number of methoxy groups -OCH3 is 2. The van der Waals surface area contributed by atoms with E-state index in [-0.39, 0.29) is 11.9 Å². The number of urea groups is 1. The smallest absolute Gasteiger partial charge is 0.325 e. The van der Waals surface area contributed by atoms with Gasteiger partial charge in [-0.15, -0.1) is 0 Å². The van der Waals surface area contributed by atoms with Crippen molar-refractivity contribution in [3.63, 3.8) is 0 Å². The number of thiazole rings is 1. The topological polar surface area (TPSA) is 118 Å². The predicted octanol–water partition coefficient (Wildman–Crippen LogP) is 3.90. The third-order valence-electron chi connectivity index (χ3n) is 5.34. The fraction of sp³-hybridized carbons (Fsp3) is 0.333. The molecule has 0 bridgehead atoms. The van der Waals surface area contributed by atoms with Crippen LogP contribution in [0.3, 0.4) is 0 Å². The number of hydrogen-bond acceptors (Lipinski definition) is 8. The highest BCUT2D eigenvalue weighted by Gasteiger charge is 2.23. The first kappa shape index (κ1) is 24.3. The van der Waals surface area contributed by atoms with Crippen molar-refractivity contribution in [3.05, 3.63) is 52.5 Å². The molecule has 0 aliphatic carbocycles. The molecule has 3 aromatic rings. The van der Waals surface area contributed by atoms with Gasteiger partial charge in [-0.1, -0.05) is 23.5 Å². The van der Waals surface area contributed by atoms with Crippen molar-refractivity contribution in [3.8, 4) is 11.8 Å². The fourth-order valence-corrected chi connectivity index (χ4v) is 4.73. The summed E-state index contributed by atoms with van der Waals surface area (Å²) < 4.78 is 10.6. The molecule has 1 aliphatic heterocycles. The summed E-state index contributed by atoms with van der Waals surface area (Å²) in [5.41, 5.74) is 2.73. The Morgan fingerprint density at radius 3 is 2.46 bits per heavy atom. The third kappa shape index (κ3) is 5.80. The highest BCUT2D eigenvalue weighted by Crippen LogP contribution is 2.33. The second kappa shape index (κ2) is 10.6. The van der Waals surface area contributed by atoms with Crippen molar-refractivity contribution in [1.82, 2.24) is 15.3 Å². The lowest BCUT2D eigenvalue weighted by atomic mass is 10.1. The molecule has 11 heteroatoms. The number of carbonyl (C=O) groups is 2. The largest absolute Gasteiger partial charge is 0.481 e. The Morgan fingerprint density at radius 1 is 1.06 bits per heavy atom. The Bertz CT molecular complexity index is 1210. The standard InChI is InChI=1S/C24H28N6O4S/c1-14(2)25-22(31)16-7-5-6-8-17(16)26-23(32)29-24-27-18-9-10-30(13-19(18)35-24)15-11-20(33-3)28-21(12-15)34-4/h5-8,11-12,14H,9-10,13H2,1-4H3,(H,25,31)(H2,26,27,29,32). The minimum atomic E-state index is -0.457. The summed E-state index contributed by atoms with van der Waals surface area (Å²) >= 11 is 1.43. The molecule has 4 rings (SSSR count). The quantitative estimate of drug-likeness (QED) is 0.454. The predicted molar refractivity (Wildman–Crippen MR) is 136 cm³/mol. The van der Waals surface area contributed by atoms with Crippen LogP contribution in [0.2, 0.25) is 0 Å². The van der Waals surface area contributed by atoms with Gasteiger partial charge in [0.15, 0.2) is 5.13 Å². The first-order valence-electron chi connectivity index (χ1n) is 11.2. The van der Waals surface area contributed by atoms with E-state index in [9.17, 15) is 9.59 Å². The van der Waals surface area contributed by atoms with Gasteiger partial charge in [-0.25, -0.2) is 9.78 Å². The van der Waals surface area contributed by atoms with E-state index in [4.69, 9.17) is 9.47 Å². The zero-order valence-corrected chi connectivity index (χ0v) is 20.9. The van der Waals surface area contributed by atoms with E-state index >= 15 is 0 Å². The molecule has 2 aromatic heterocycles. The number of fused-ring (bicyclic) bond motifs is 1. The van der Waals surface area contributed by atoms with Gasteiger partial charge in [-0.3, -0.25) is 10.1 Å². The Balaban J connectivity index is 1.44. The van der Waals surface area contributed by atoms with Crippen molar-refractivity contribution in [2.24, 2.45) is 0 Å². The van der Waals surface area contributed by atoms with E-state index in [2.05, 4.69) is 30.8 Å². The number of rotatable bonds is 7. The summed E-state index contributed by atoms with van der Waals surface area (Å²) in [7, 11) is 3.14. The molecule has 0 saturated heterocycles. The molecule has 0 atom stereocenters.